The third kappa shape index (κ3) is 6.22. The molecule has 1 saturated heterocycles. The number of piperazine rings is 1. The number of carbonyl (C=O) groups is 1. The number of amides is 1. The zero-order chi connectivity index (χ0) is 22.3. The zero-order valence-electron chi connectivity index (χ0n) is 18.8. The average molecular weight is 454 g/mol. The molecule has 3 aromatic rings. The number of nitrogens with zero attached hydrogens (tertiary/aromatic N) is 3. The van der Waals surface area contributed by atoms with Gasteiger partial charge in [0, 0.05) is 49.0 Å². The summed E-state index contributed by atoms with van der Waals surface area (Å²) in [6, 6.07) is 16.4. The Morgan fingerprint density at radius 3 is 2.47 bits per heavy atom. The average Bonchev–Trinajstić information content (AvgIpc) is 3.46. The molecule has 0 spiro atoms. The first-order chi connectivity index (χ1) is 15.6. The number of ether oxygens (including phenoxy) is 1. The van der Waals surface area contributed by atoms with E-state index in [1.54, 1.807) is 24.7 Å². The molecule has 2 aromatic heterocycles. The highest BCUT2D eigenvalue weighted by Crippen LogP contribution is 2.19. The maximum atomic E-state index is 13.1. The van der Waals surface area contributed by atoms with Crippen molar-refractivity contribution in [3.63, 3.8) is 0 Å². The molecule has 170 valence electrons. The van der Waals surface area contributed by atoms with Gasteiger partial charge in [-0.05, 0) is 48.9 Å². The minimum atomic E-state index is 0.189. The molecule has 0 radical (unpaired) electrons. The lowest BCUT2D eigenvalue weighted by Crippen LogP contribution is -2.50. The molecule has 7 heteroatoms. The first-order valence-corrected chi connectivity index (χ1v) is 11.8. The molecule has 0 N–H and O–H groups in total. The summed E-state index contributed by atoms with van der Waals surface area (Å²) in [5, 5.41) is 0. The highest BCUT2D eigenvalue weighted by atomic mass is 32.1. The van der Waals surface area contributed by atoms with E-state index in [4.69, 9.17) is 9.15 Å². The predicted molar refractivity (Wildman–Crippen MR) is 127 cm³/mol. The van der Waals surface area contributed by atoms with Gasteiger partial charge in [0.2, 0.25) is 5.91 Å². The fourth-order valence-corrected chi connectivity index (χ4v) is 4.95. The quantitative estimate of drug-likeness (QED) is 0.490. The first-order valence-electron chi connectivity index (χ1n) is 11.0. The van der Waals surface area contributed by atoms with Crippen LogP contribution in [-0.2, 0) is 24.4 Å². The second kappa shape index (κ2) is 10.8. The van der Waals surface area contributed by atoms with Gasteiger partial charge >= 0.3 is 0 Å². The van der Waals surface area contributed by atoms with Crippen molar-refractivity contribution in [1.29, 1.82) is 0 Å². The maximum absolute atomic E-state index is 13.1. The standard InChI is InChI=1S/C25H31N3O3S/c1-20-5-10-24(32-20)18-27(17-23-4-3-15-31-23)19-25(29)28-13-11-26(12-14-28)16-21-6-8-22(30-2)9-7-21/h3-10,15H,11-14,16-19H2,1-2H3. The fourth-order valence-electron chi connectivity index (χ4n) is 4.02. The van der Waals surface area contributed by atoms with E-state index in [9.17, 15) is 4.79 Å². The highest BCUT2D eigenvalue weighted by Gasteiger charge is 2.23. The molecule has 6 nitrogen and oxygen atoms in total. The monoisotopic (exact) mass is 453 g/mol. The number of aryl methyl sites for hydroxylation is 1. The smallest absolute Gasteiger partial charge is 0.236 e. The van der Waals surface area contributed by atoms with E-state index in [0.717, 1.165) is 50.8 Å². The van der Waals surface area contributed by atoms with Crippen molar-refractivity contribution in [2.45, 2.75) is 26.6 Å². The van der Waals surface area contributed by atoms with Crippen LogP contribution in [0.15, 0.2) is 59.2 Å². The number of carbonyl (C=O) groups excluding carboxylic acids is 1. The Morgan fingerprint density at radius 2 is 1.84 bits per heavy atom. The molecule has 0 unspecified atom stereocenters. The van der Waals surface area contributed by atoms with Gasteiger partial charge in [-0.15, -0.1) is 11.3 Å². The lowest BCUT2D eigenvalue weighted by Gasteiger charge is -2.35. The largest absolute Gasteiger partial charge is 0.497 e. The zero-order valence-corrected chi connectivity index (χ0v) is 19.6. The molecule has 1 aromatic carbocycles. The Morgan fingerprint density at radius 1 is 1.06 bits per heavy atom. The number of rotatable bonds is 9. The summed E-state index contributed by atoms with van der Waals surface area (Å²) in [6.07, 6.45) is 1.69. The van der Waals surface area contributed by atoms with E-state index >= 15 is 0 Å². The van der Waals surface area contributed by atoms with Crippen LogP contribution in [0, 0.1) is 6.92 Å². The van der Waals surface area contributed by atoms with Gasteiger partial charge in [-0.1, -0.05) is 12.1 Å². The molecule has 4 rings (SSSR count). The van der Waals surface area contributed by atoms with Gasteiger partial charge in [0.05, 0.1) is 26.5 Å². The highest BCUT2D eigenvalue weighted by molar-refractivity contribution is 7.11. The Bertz CT molecular complexity index is 976. The Balaban J connectivity index is 1.30. The van der Waals surface area contributed by atoms with Gasteiger partial charge in [0.1, 0.15) is 11.5 Å². The molecule has 1 aliphatic rings. The Labute approximate surface area is 194 Å². The molecule has 0 aliphatic carbocycles. The van der Waals surface area contributed by atoms with Crippen molar-refractivity contribution < 1.29 is 13.9 Å². The van der Waals surface area contributed by atoms with E-state index in [0.29, 0.717) is 13.1 Å². The topological polar surface area (TPSA) is 49.2 Å². The van der Waals surface area contributed by atoms with Crippen LogP contribution >= 0.6 is 11.3 Å². The number of methoxy groups -OCH3 is 1. The van der Waals surface area contributed by atoms with Crippen LogP contribution in [0.3, 0.4) is 0 Å². The van der Waals surface area contributed by atoms with Crippen molar-refractivity contribution in [3.05, 3.63) is 75.9 Å². The molecule has 1 amide bonds. The minimum Gasteiger partial charge on any atom is -0.497 e. The second-order valence-electron chi connectivity index (χ2n) is 8.24. The third-order valence-corrected chi connectivity index (χ3v) is 6.77. The van der Waals surface area contributed by atoms with E-state index in [1.165, 1.54) is 15.3 Å². The molecule has 3 heterocycles. The Kier molecular flexibility index (Phi) is 7.63. The van der Waals surface area contributed by atoms with Crippen LogP contribution in [0.4, 0.5) is 0 Å². The van der Waals surface area contributed by atoms with Crippen molar-refractivity contribution in [3.8, 4) is 5.75 Å². The van der Waals surface area contributed by atoms with Crippen LogP contribution in [0.2, 0.25) is 0 Å². The summed E-state index contributed by atoms with van der Waals surface area (Å²) in [7, 11) is 1.68. The van der Waals surface area contributed by atoms with Crippen molar-refractivity contribution in [2.75, 3.05) is 39.8 Å². The number of furan rings is 1. The van der Waals surface area contributed by atoms with Gasteiger partial charge in [-0.25, -0.2) is 0 Å². The predicted octanol–water partition coefficient (Wildman–Crippen LogP) is 4.00. The minimum absolute atomic E-state index is 0.189. The summed E-state index contributed by atoms with van der Waals surface area (Å²) < 4.78 is 10.8. The van der Waals surface area contributed by atoms with E-state index in [-0.39, 0.29) is 5.91 Å². The van der Waals surface area contributed by atoms with Crippen LogP contribution in [0.25, 0.3) is 0 Å². The van der Waals surface area contributed by atoms with E-state index < -0.39 is 0 Å². The van der Waals surface area contributed by atoms with Gasteiger partial charge in [-0.3, -0.25) is 14.6 Å². The third-order valence-electron chi connectivity index (χ3n) is 5.78. The summed E-state index contributed by atoms with van der Waals surface area (Å²) in [5.74, 6) is 1.95. The van der Waals surface area contributed by atoms with Gasteiger partial charge < -0.3 is 14.1 Å². The van der Waals surface area contributed by atoms with Crippen molar-refractivity contribution in [1.82, 2.24) is 14.7 Å². The fraction of sp³-hybridized carbons (Fsp3) is 0.400. The van der Waals surface area contributed by atoms with Crippen LogP contribution in [0.1, 0.15) is 21.1 Å². The molecule has 0 atom stereocenters. The number of thiophene rings is 1. The molecule has 1 fully saturated rings. The maximum Gasteiger partial charge on any atom is 0.236 e. The molecular formula is C25H31N3O3S. The molecule has 0 bridgehead atoms. The van der Waals surface area contributed by atoms with E-state index in [1.807, 2.05) is 29.2 Å². The van der Waals surface area contributed by atoms with Crippen molar-refractivity contribution >= 4 is 17.2 Å². The molecular weight excluding hydrogens is 422 g/mol. The summed E-state index contributed by atoms with van der Waals surface area (Å²) in [4.78, 5) is 22.2. The van der Waals surface area contributed by atoms with Gasteiger partial charge in [-0.2, -0.15) is 0 Å². The van der Waals surface area contributed by atoms with Gasteiger partial charge in [0.25, 0.3) is 0 Å². The second-order valence-corrected chi connectivity index (χ2v) is 9.61. The summed E-state index contributed by atoms with van der Waals surface area (Å²) in [5.41, 5.74) is 1.27. The molecule has 0 saturated carbocycles. The molecule has 1 aliphatic heterocycles. The van der Waals surface area contributed by atoms with Crippen molar-refractivity contribution in [2.24, 2.45) is 0 Å². The number of hydrogen-bond donors (Lipinski definition) is 0. The number of benzene rings is 1. The van der Waals surface area contributed by atoms with E-state index in [2.05, 4.69) is 41.0 Å². The van der Waals surface area contributed by atoms with Crippen LogP contribution in [-0.4, -0.2) is 60.4 Å². The Hall–Kier alpha value is -2.61. The summed E-state index contributed by atoms with van der Waals surface area (Å²) in [6.45, 7) is 8.10. The summed E-state index contributed by atoms with van der Waals surface area (Å²) >= 11 is 1.78. The van der Waals surface area contributed by atoms with Crippen LogP contribution in [0.5, 0.6) is 5.75 Å². The lowest BCUT2D eigenvalue weighted by atomic mass is 10.2. The molecule has 32 heavy (non-hydrogen) atoms. The number of hydrogen-bond acceptors (Lipinski definition) is 6. The SMILES string of the molecule is COc1ccc(CN2CCN(C(=O)CN(Cc3ccco3)Cc3ccc(C)s3)CC2)cc1. The normalized spacial score (nSPS) is 14.8. The van der Waals surface area contributed by atoms with Gasteiger partial charge in [0.15, 0.2) is 0 Å². The first kappa shape index (κ1) is 22.6. The van der Waals surface area contributed by atoms with Crippen LogP contribution < -0.4 is 4.74 Å². The lowest BCUT2D eigenvalue weighted by molar-refractivity contribution is -0.134.